The number of likely N-dealkylation sites (N-methyl/N-ethyl adjacent to an activating group) is 1. The van der Waals surface area contributed by atoms with Crippen molar-refractivity contribution in [2.75, 3.05) is 26.7 Å². The molecule has 0 spiro atoms. The van der Waals surface area contributed by atoms with E-state index in [0.29, 0.717) is 5.75 Å². The summed E-state index contributed by atoms with van der Waals surface area (Å²) in [6.45, 7) is 15.4. The molecule has 180 valence electrons. The van der Waals surface area contributed by atoms with Gasteiger partial charge in [-0.05, 0) is 52.3 Å². The van der Waals surface area contributed by atoms with Crippen LogP contribution >= 0.6 is 24.8 Å². The van der Waals surface area contributed by atoms with Crippen molar-refractivity contribution in [2.45, 2.75) is 64.3 Å². The molecule has 33 heavy (non-hydrogen) atoms. The number of aromatic hydroxyl groups is 1. The zero-order valence-corrected chi connectivity index (χ0v) is 22.6. The molecule has 0 aromatic heterocycles. The number of nitrogens with zero attached hydrogens (tertiary/aromatic N) is 2. The van der Waals surface area contributed by atoms with Gasteiger partial charge in [0.05, 0.1) is 6.04 Å². The predicted molar refractivity (Wildman–Crippen MR) is 144 cm³/mol. The van der Waals surface area contributed by atoms with E-state index >= 15 is 0 Å². The van der Waals surface area contributed by atoms with Crippen molar-refractivity contribution in [3.8, 4) is 5.75 Å². The Morgan fingerprint density at radius 2 is 1.55 bits per heavy atom. The van der Waals surface area contributed by atoms with Gasteiger partial charge in [0.2, 0.25) is 4.38 Å². The van der Waals surface area contributed by atoms with Crippen LogP contribution in [-0.4, -0.2) is 52.2 Å². The molecule has 2 unspecified atom stereocenters. The van der Waals surface area contributed by atoms with Crippen molar-refractivity contribution in [3.63, 3.8) is 0 Å². The standard InChI is InChI=1S/C27H38N2O2S2/c1-26(2,3)20-15-19(16-21(24(20)30)27(4,5)6)23(18-11-9-8-10-12-18)22-17-28(7)13-14-29(22)31-25(32)33/h8-12,15-16,22-23,30H,13-14,17H2,1-7H3,(H,32,33). The largest absolute Gasteiger partial charge is 0.507 e. The van der Waals surface area contributed by atoms with Crippen LogP contribution in [0.2, 0.25) is 0 Å². The average Bonchev–Trinajstić information content (AvgIpc) is 2.70. The van der Waals surface area contributed by atoms with Crippen LogP contribution in [0.4, 0.5) is 0 Å². The number of thiol groups is 1. The van der Waals surface area contributed by atoms with Crippen molar-refractivity contribution in [3.05, 3.63) is 64.7 Å². The highest BCUT2D eigenvalue weighted by Crippen LogP contribution is 2.43. The van der Waals surface area contributed by atoms with Gasteiger partial charge in [0, 0.05) is 25.6 Å². The minimum atomic E-state index is -0.201. The van der Waals surface area contributed by atoms with Crippen LogP contribution in [0, 0.1) is 0 Å². The van der Waals surface area contributed by atoms with Crippen molar-refractivity contribution < 1.29 is 9.94 Å². The highest BCUT2D eigenvalue weighted by Gasteiger charge is 2.37. The number of phenolic OH excluding ortho intramolecular Hbond substituents is 1. The summed E-state index contributed by atoms with van der Waals surface area (Å²) in [5, 5.41) is 13.3. The molecule has 0 aliphatic carbocycles. The summed E-state index contributed by atoms with van der Waals surface area (Å²) in [6, 6.07) is 15.0. The lowest BCUT2D eigenvalue weighted by atomic mass is 9.74. The molecule has 6 heteroatoms. The first-order valence-corrected chi connectivity index (χ1v) is 12.4. The monoisotopic (exact) mass is 486 g/mol. The van der Waals surface area contributed by atoms with Crippen LogP contribution in [-0.2, 0) is 15.7 Å². The van der Waals surface area contributed by atoms with Crippen molar-refractivity contribution in [2.24, 2.45) is 0 Å². The van der Waals surface area contributed by atoms with E-state index in [1.807, 2.05) is 11.1 Å². The number of hydroxylamine groups is 2. The summed E-state index contributed by atoms with van der Waals surface area (Å²) in [6.07, 6.45) is 0. The normalized spacial score (nSPS) is 19.3. The Morgan fingerprint density at radius 1 is 1.00 bits per heavy atom. The van der Waals surface area contributed by atoms with Crippen LogP contribution in [0.25, 0.3) is 0 Å². The first-order valence-electron chi connectivity index (χ1n) is 11.6. The van der Waals surface area contributed by atoms with Crippen LogP contribution in [0.3, 0.4) is 0 Å². The minimum Gasteiger partial charge on any atom is -0.507 e. The van der Waals surface area contributed by atoms with E-state index in [9.17, 15) is 5.11 Å². The summed E-state index contributed by atoms with van der Waals surface area (Å²) >= 11 is 9.45. The second-order valence-electron chi connectivity index (χ2n) is 11.2. The molecule has 1 fully saturated rings. The number of hydrogen-bond acceptors (Lipinski definition) is 5. The first kappa shape index (κ1) is 26.0. The Bertz CT molecular complexity index is 945. The lowest BCUT2D eigenvalue weighted by Gasteiger charge is -2.43. The molecule has 0 radical (unpaired) electrons. The van der Waals surface area contributed by atoms with Gasteiger partial charge in [-0.1, -0.05) is 96.6 Å². The van der Waals surface area contributed by atoms with Crippen LogP contribution in [0.1, 0.15) is 69.7 Å². The van der Waals surface area contributed by atoms with Crippen LogP contribution < -0.4 is 0 Å². The molecule has 2 atom stereocenters. The smallest absolute Gasteiger partial charge is 0.241 e. The van der Waals surface area contributed by atoms with Crippen molar-refractivity contribution >= 4 is 29.2 Å². The van der Waals surface area contributed by atoms with Gasteiger partial charge >= 0.3 is 0 Å². The Morgan fingerprint density at radius 3 is 2.03 bits per heavy atom. The fraction of sp³-hybridized carbons (Fsp3) is 0.519. The van der Waals surface area contributed by atoms with Crippen molar-refractivity contribution in [1.29, 1.82) is 0 Å². The van der Waals surface area contributed by atoms with Gasteiger partial charge < -0.3 is 14.8 Å². The second-order valence-corrected chi connectivity index (χ2v) is 12.3. The van der Waals surface area contributed by atoms with Gasteiger partial charge in [-0.3, -0.25) is 0 Å². The third kappa shape index (κ3) is 6.10. The number of benzene rings is 2. The molecule has 0 bridgehead atoms. The molecular formula is C27H38N2O2S2. The third-order valence-electron chi connectivity index (χ3n) is 6.42. The molecule has 0 saturated carbocycles. The Balaban J connectivity index is 2.26. The highest BCUT2D eigenvalue weighted by atomic mass is 32.1. The predicted octanol–water partition coefficient (Wildman–Crippen LogP) is 5.88. The molecule has 0 amide bonds. The number of hydrogen-bond donors (Lipinski definition) is 2. The van der Waals surface area contributed by atoms with Gasteiger partial charge in [0.15, 0.2) is 0 Å². The molecule has 3 rings (SSSR count). The maximum Gasteiger partial charge on any atom is 0.241 e. The van der Waals surface area contributed by atoms with E-state index in [-0.39, 0.29) is 27.2 Å². The SMILES string of the molecule is CN1CCN(OC(=S)S)C(C(c2ccccc2)c2cc(C(C)(C)C)c(O)c(C(C)(C)C)c2)C1. The zero-order chi connectivity index (χ0) is 24.6. The van der Waals surface area contributed by atoms with E-state index in [2.05, 4.69) is 103 Å². The molecule has 2 aromatic rings. The van der Waals surface area contributed by atoms with Crippen LogP contribution in [0.15, 0.2) is 42.5 Å². The first-order chi connectivity index (χ1) is 15.3. The minimum absolute atomic E-state index is 0.0273. The lowest BCUT2D eigenvalue weighted by molar-refractivity contribution is -0.135. The van der Waals surface area contributed by atoms with Crippen molar-refractivity contribution in [1.82, 2.24) is 9.96 Å². The van der Waals surface area contributed by atoms with E-state index in [0.717, 1.165) is 30.8 Å². The van der Waals surface area contributed by atoms with E-state index in [1.165, 1.54) is 11.1 Å². The molecule has 1 aliphatic heterocycles. The molecule has 2 aromatic carbocycles. The number of piperazine rings is 1. The summed E-state index contributed by atoms with van der Waals surface area (Å²) in [7, 11) is 2.14. The Hall–Kier alpha value is -1.60. The highest BCUT2D eigenvalue weighted by molar-refractivity contribution is 8.10. The Labute approximate surface area is 210 Å². The fourth-order valence-corrected chi connectivity index (χ4v) is 4.90. The molecule has 1 N–H and O–H groups in total. The molecule has 1 heterocycles. The number of rotatable bonds is 4. The second kappa shape index (κ2) is 9.95. The topological polar surface area (TPSA) is 35.9 Å². The maximum atomic E-state index is 11.3. The van der Waals surface area contributed by atoms with Gasteiger partial charge in [0.25, 0.3) is 0 Å². The van der Waals surface area contributed by atoms with Gasteiger partial charge in [-0.2, -0.15) is 0 Å². The summed E-state index contributed by atoms with van der Waals surface area (Å²) < 4.78 is 0.229. The summed E-state index contributed by atoms with van der Waals surface area (Å²) in [5.74, 6) is 0.426. The number of phenols is 1. The average molecular weight is 487 g/mol. The van der Waals surface area contributed by atoms with E-state index < -0.39 is 0 Å². The maximum absolute atomic E-state index is 11.3. The Kier molecular flexibility index (Phi) is 7.84. The lowest BCUT2D eigenvalue weighted by Crippen LogP contribution is -2.54. The molecule has 1 saturated heterocycles. The molecule has 4 nitrogen and oxygen atoms in total. The number of thiocarbonyl (C=S) groups is 1. The summed E-state index contributed by atoms with van der Waals surface area (Å²) in [4.78, 5) is 8.28. The molecule has 1 aliphatic rings. The van der Waals surface area contributed by atoms with Gasteiger partial charge in [-0.15, -0.1) is 5.06 Å². The quantitative estimate of drug-likeness (QED) is 0.417. The van der Waals surface area contributed by atoms with Gasteiger partial charge in [0.1, 0.15) is 5.75 Å². The third-order valence-corrected chi connectivity index (χ3v) is 6.57. The van der Waals surface area contributed by atoms with Crippen LogP contribution in [0.5, 0.6) is 5.75 Å². The fourth-order valence-electron chi connectivity index (χ4n) is 4.70. The molecular weight excluding hydrogens is 448 g/mol. The van der Waals surface area contributed by atoms with E-state index in [4.69, 9.17) is 17.1 Å². The van der Waals surface area contributed by atoms with Gasteiger partial charge in [-0.25, -0.2) is 0 Å². The van der Waals surface area contributed by atoms with E-state index in [1.54, 1.807) is 0 Å². The zero-order valence-electron chi connectivity index (χ0n) is 20.9. The summed E-state index contributed by atoms with van der Waals surface area (Å²) in [5.41, 5.74) is 3.91.